The molecule has 254 valence electrons. The molecule has 0 saturated carbocycles. The van der Waals surface area contributed by atoms with Gasteiger partial charge in [0.2, 0.25) is 0 Å². The quantitative estimate of drug-likeness (QED) is 0.161. The van der Waals surface area contributed by atoms with E-state index in [9.17, 15) is 0 Å². The highest BCUT2D eigenvalue weighted by molar-refractivity contribution is 6.18. The number of hydrogen-bond donors (Lipinski definition) is 0. The summed E-state index contributed by atoms with van der Waals surface area (Å²) in [6, 6.07) is 62.8. The molecular weight excluding hydrogens is 653 g/mol. The van der Waals surface area contributed by atoms with Crippen molar-refractivity contribution in [2.24, 2.45) is 0 Å². The highest BCUT2D eigenvalue weighted by Crippen LogP contribution is 2.40. The van der Waals surface area contributed by atoms with E-state index < -0.39 is 6.04 Å². The van der Waals surface area contributed by atoms with Crippen LogP contribution in [0.15, 0.2) is 218 Å². The number of rotatable bonds is 7. The van der Waals surface area contributed by atoms with Gasteiger partial charge in [-0.2, -0.15) is 0 Å². The predicted molar refractivity (Wildman–Crippen MR) is 229 cm³/mol. The number of para-hydroxylation sites is 2. The molecule has 0 aliphatic rings. The first-order valence-corrected chi connectivity index (χ1v) is 18.1. The molecular formula is C52H36N2. The smallest absolute Gasteiger partial charge is 0.0645 e. The number of nitrogens with zero attached hydrogens (tertiary/aromatic N) is 2. The van der Waals surface area contributed by atoms with Crippen molar-refractivity contribution in [3.8, 4) is 39.1 Å². The maximum atomic E-state index is 8.90. The molecule has 0 aliphatic carbocycles. The Morgan fingerprint density at radius 1 is 0.370 bits per heavy atom. The van der Waals surface area contributed by atoms with Gasteiger partial charge < -0.3 is 9.47 Å². The zero-order valence-corrected chi connectivity index (χ0v) is 29.3. The van der Waals surface area contributed by atoms with Crippen molar-refractivity contribution < 1.29 is 6.85 Å². The van der Waals surface area contributed by atoms with Crippen molar-refractivity contribution in [1.82, 2.24) is 4.57 Å². The standard InChI is InChI=1S/C52H36N2/c1-3-13-37(14-4-1)38-23-30-43(31-24-38)53(42-16-5-2-6-17-42)44-32-25-40(26-33-44)46-18-9-10-19-47(46)41-27-34-45(35-28-41)54-51-22-12-11-21-49(51)50-36-29-39-15-7-8-20-48(39)52(50)54/h1-36H/i2D,5D,6D,16D,17D. The van der Waals surface area contributed by atoms with Gasteiger partial charge in [-0.1, -0.05) is 164 Å². The fourth-order valence-electron chi connectivity index (χ4n) is 7.76. The summed E-state index contributed by atoms with van der Waals surface area (Å²) in [6.45, 7) is 0. The largest absolute Gasteiger partial charge is 0.311 e. The Morgan fingerprint density at radius 2 is 0.907 bits per heavy atom. The second-order valence-corrected chi connectivity index (χ2v) is 13.4. The van der Waals surface area contributed by atoms with Crippen LogP contribution in [0.2, 0.25) is 0 Å². The number of hydrogen-bond acceptors (Lipinski definition) is 1. The number of fused-ring (bicyclic) bond motifs is 5. The van der Waals surface area contributed by atoms with Crippen molar-refractivity contribution in [2.75, 3.05) is 4.90 Å². The Morgan fingerprint density at radius 3 is 1.59 bits per heavy atom. The van der Waals surface area contributed by atoms with Gasteiger partial charge in [0.05, 0.1) is 17.9 Å². The van der Waals surface area contributed by atoms with Crippen LogP contribution in [-0.4, -0.2) is 4.57 Å². The molecule has 1 heterocycles. The van der Waals surface area contributed by atoms with E-state index in [1.54, 1.807) is 4.90 Å². The molecule has 0 radical (unpaired) electrons. The zero-order valence-electron chi connectivity index (χ0n) is 34.3. The first-order valence-electron chi connectivity index (χ1n) is 20.6. The molecule has 0 bridgehead atoms. The molecule has 0 amide bonds. The van der Waals surface area contributed by atoms with Gasteiger partial charge in [0.25, 0.3) is 0 Å². The maximum absolute atomic E-state index is 8.90. The third kappa shape index (κ3) is 5.53. The lowest BCUT2D eigenvalue weighted by Gasteiger charge is -2.26. The highest BCUT2D eigenvalue weighted by Gasteiger charge is 2.17. The SMILES string of the molecule is [2H]c1c([2H])c([2H])c(N(c2ccc(-c3ccccc3)cc2)c2ccc(-c3ccccc3-c3ccc(-n4c5ccccc5c5ccc6ccccc6c54)cc3)cc2)c([2H])c1[2H]. The summed E-state index contributed by atoms with van der Waals surface area (Å²) in [6.07, 6.45) is 0. The van der Waals surface area contributed by atoms with E-state index >= 15 is 0 Å². The Kier molecular flexibility index (Phi) is 6.61. The third-order valence-corrected chi connectivity index (χ3v) is 10.3. The summed E-state index contributed by atoms with van der Waals surface area (Å²) in [5, 5.41) is 4.87. The molecule has 2 heteroatoms. The second-order valence-electron chi connectivity index (χ2n) is 13.4. The molecule has 10 rings (SSSR count). The van der Waals surface area contributed by atoms with E-state index in [1.165, 1.54) is 27.1 Å². The lowest BCUT2D eigenvalue weighted by Crippen LogP contribution is -2.09. The summed E-state index contributed by atoms with van der Waals surface area (Å²) in [5.41, 5.74) is 11.2. The van der Waals surface area contributed by atoms with Gasteiger partial charge in [0.15, 0.2) is 0 Å². The summed E-state index contributed by atoms with van der Waals surface area (Å²) < 4.78 is 45.4. The fraction of sp³-hybridized carbons (Fsp3) is 0. The first kappa shape index (κ1) is 26.6. The highest BCUT2D eigenvalue weighted by atomic mass is 15.1. The number of benzene rings is 9. The van der Waals surface area contributed by atoms with E-state index in [-0.39, 0.29) is 29.9 Å². The van der Waals surface area contributed by atoms with Crippen LogP contribution >= 0.6 is 0 Å². The average molecular weight is 694 g/mol. The molecule has 2 nitrogen and oxygen atoms in total. The lowest BCUT2D eigenvalue weighted by molar-refractivity contribution is 1.19. The Bertz CT molecular complexity index is 3160. The monoisotopic (exact) mass is 693 g/mol. The van der Waals surface area contributed by atoms with Crippen molar-refractivity contribution in [2.45, 2.75) is 0 Å². The van der Waals surface area contributed by atoms with Gasteiger partial charge in [0.1, 0.15) is 0 Å². The molecule has 0 fully saturated rings. The second kappa shape index (κ2) is 13.4. The van der Waals surface area contributed by atoms with E-state index in [0.717, 1.165) is 44.6 Å². The molecule has 0 N–H and O–H groups in total. The summed E-state index contributed by atoms with van der Waals surface area (Å²) >= 11 is 0. The number of aromatic nitrogens is 1. The molecule has 54 heavy (non-hydrogen) atoms. The average Bonchev–Trinajstić information content (AvgIpc) is 3.64. The van der Waals surface area contributed by atoms with Crippen LogP contribution in [0.5, 0.6) is 0 Å². The van der Waals surface area contributed by atoms with Crippen LogP contribution in [0.4, 0.5) is 17.1 Å². The predicted octanol–water partition coefficient (Wildman–Crippen LogP) is 14.4. The van der Waals surface area contributed by atoms with E-state index in [4.69, 9.17) is 6.85 Å². The number of anilines is 3. The van der Waals surface area contributed by atoms with E-state index in [1.807, 2.05) is 84.9 Å². The molecule has 0 atom stereocenters. The molecule has 0 unspecified atom stereocenters. The minimum Gasteiger partial charge on any atom is -0.311 e. The molecule has 1 aromatic heterocycles. The van der Waals surface area contributed by atoms with Gasteiger partial charge in [-0.3, -0.25) is 0 Å². The van der Waals surface area contributed by atoms with Crippen LogP contribution in [0.25, 0.3) is 71.6 Å². The van der Waals surface area contributed by atoms with Gasteiger partial charge in [-0.15, -0.1) is 0 Å². The van der Waals surface area contributed by atoms with Crippen LogP contribution in [-0.2, 0) is 0 Å². The van der Waals surface area contributed by atoms with Gasteiger partial charge >= 0.3 is 0 Å². The summed E-state index contributed by atoms with van der Waals surface area (Å²) in [7, 11) is 0. The minimum absolute atomic E-state index is 0.0907. The molecule has 10 aromatic rings. The summed E-state index contributed by atoms with van der Waals surface area (Å²) in [5.74, 6) is 0. The van der Waals surface area contributed by atoms with Gasteiger partial charge in [-0.25, -0.2) is 0 Å². The normalized spacial score (nSPS) is 12.6. The minimum atomic E-state index is -0.424. The Balaban J connectivity index is 1.04. The van der Waals surface area contributed by atoms with Crippen molar-refractivity contribution >= 4 is 49.6 Å². The van der Waals surface area contributed by atoms with Crippen LogP contribution < -0.4 is 4.90 Å². The maximum Gasteiger partial charge on any atom is 0.0645 e. The molecule has 9 aromatic carbocycles. The van der Waals surface area contributed by atoms with E-state index in [0.29, 0.717) is 11.4 Å². The fourth-order valence-corrected chi connectivity index (χ4v) is 7.76. The third-order valence-electron chi connectivity index (χ3n) is 10.3. The first-order chi connectivity index (χ1) is 28.9. The zero-order chi connectivity index (χ0) is 40.2. The Labute approximate surface area is 322 Å². The van der Waals surface area contributed by atoms with Gasteiger partial charge in [0, 0.05) is 38.9 Å². The van der Waals surface area contributed by atoms with Crippen LogP contribution in [0.3, 0.4) is 0 Å². The Hall–Kier alpha value is -7.16. The van der Waals surface area contributed by atoms with Crippen LogP contribution in [0, 0.1) is 0 Å². The van der Waals surface area contributed by atoms with Gasteiger partial charge in [-0.05, 0) is 93.3 Å². The lowest BCUT2D eigenvalue weighted by atomic mass is 9.94. The van der Waals surface area contributed by atoms with E-state index in [2.05, 4.69) is 108 Å². The van der Waals surface area contributed by atoms with Crippen molar-refractivity contribution in [1.29, 1.82) is 0 Å². The van der Waals surface area contributed by atoms with Crippen LogP contribution in [0.1, 0.15) is 6.85 Å². The summed E-state index contributed by atoms with van der Waals surface area (Å²) in [4.78, 5) is 1.75. The van der Waals surface area contributed by atoms with Crippen molar-refractivity contribution in [3.05, 3.63) is 218 Å². The topological polar surface area (TPSA) is 8.17 Å². The molecule has 0 aliphatic heterocycles. The van der Waals surface area contributed by atoms with Crippen molar-refractivity contribution in [3.63, 3.8) is 0 Å². The molecule has 0 saturated heterocycles. The molecule has 0 spiro atoms.